The van der Waals surface area contributed by atoms with Gasteiger partial charge in [0.05, 0.1) is 6.04 Å². The monoisotopic (exact) mass is 297 g/mol. The molecule has 0 amide bonds. The summed E-state index contributed by atoms with van der Waals surface area (Å²) in [5.74, 6) is 0.968. The molecule has 1 atom stereocenters. The van der Waals surface area contributed by atoms with Crippen molar-refractivity contribution in [1.29, 1.82) is 0 Å². The second-order valence-electron chi connectivity index (χ2n) is 4.95. The van der Waals surface area contributed by atoms with Gasteiger partial charge in [-0.3, -0.25) is 0 Å². The van der Waals surface area contributed by atoms with Gasteiger partial charge in [-0.1, -0.05) is 37.3 Å². The van der Waals surface area contributed by atoms with E-state index in [1.165, 1.54) is 10.5 Å². The summed E-state index contributed by atoms with van der Waals surface area (Å²) in [5.41, 5.74) is 2.17. The first-order chi connectivity index (χ1) is 10.3. The molecule has 3 heteroatoms. The average Bonchev–Trinajstić information content (AvgIpc) is 2.96. The highest BCUT2D eigenvalue weighted by Crippen LogP contribution is 2.29. The predicted molar refractivity (Wildman–Crippen MR) is 90.0 cm³/mol. The molecule has 0 radical (unpaired) electrons. The van der Waals surface area contributed by atoms with Crippen LogP contribution in [0.25, 0.3) is 11.0 Å². The first-order valence-corrected chi connectivity index (χ1v) is 8.40. The van der Waals surface area contributed by atoms with Gasteiger partial charge in [-0.15, -0.1) is 11.8 Å². The van der Waals surface area contributed by atoms with E-state index in [9.17, 15) is 0 Å². The van der Waals surface area contributed by atoms with Crippen LogP contribution in [0.15, 0.2) is 63.9 Å². The van der Waals surface area contributed by atoms with Gasteiger partial charge in [-0.25, -0.2) is 0 Å². The van der Waals surface area contributed by atoms with Crippen LogP contribution >= 0.6 is 11.8 Å². The zero-order chi connectivity index (χ0) is 14.7. The van der Waals surface area contributed by atoms with Gasteiger partial charge in [0, 0.05) is 10.3 Å². The summed E-state index contributed by atoms with van der Waals surface area (Å²) in [6.45, 7) is 3.01. The summed E-state index contributed by atoms with van der Waals surface area (Å²) in [6, 6.07) is 19.0. The average molecular weight is 297 g/mol. The fourth-order valence-electron chi connectivity index (χ4n) is 2.53. The molecule has 0 aliphatic heterocycles. The quantitative estimate of drug-likeness (QED) is 0.681. The molecule has 2 nitrogen and oxygen atoms in total. The van der Waals surface area contributed by atoms with E-state index in [-0.39, 0.29) is 6.04 Å². The third-order valence-corrected chi connectivity index (χ3v) is 4.33. The molecule has 0 spiro atoms. The van der Waals surface area contributed by atoms with Gasteiger partial charge in [0.15, 0.2) is 0 Å². The number of para-hydroxylation sites is 1. The first-order valence-electron chi connectivity index (χ1n) is 7.17. The van der Waals surface area contributed by atoms with E-state index in [1.807, 2.05) is 18.2 Å². The summed E-state index contributed by atoms with van der Waals surface area (Å²) in [7, 11) is 0. The van der Waals surface area contributed by atoms with Crippen LogP contribution in [0.2, 0.25) is 0 Å². The van der Waals surface area contributed by atoms with Gasteiger partial charge in [0.2, 0.25) is 0 Å². The molecule has 2 aromatic carbocycles. The minimum absolute atomic E-state index is 0.0957. The Bertz CT molecular complexity index is 684. The normalized spacial score (nSPS) is 12.7. The maximum atomic E-state index is 6.03. The van der Waals surface area contributed by atoms with Crippen molar-refractivity contribution in [3.63, 3.8) is 0 Å². The maximum Gasteiger partial charge on any atom is 0.134 e. The van der Waals surface area contributed by atoms with Crippen molar-refractivity contribution in [3.8, 4) is 0 Å². The Morgan fingerprint density at radius 1 is 1.10 bits per heavy atom. The number of nitrogens with one attached hydrogen (secondary N) is 1. The molecule has 3 rings (SSSR count). The van der Waals surface area contributed by atoms with Gasteiger partial charge in [-0.05, 0) is 42.6 Å². The molecule has 0 saturated heterocycles. The van der Waals surface area contributed by atoms with Crippen LogP contribution in [0.4, 0.5) is 0 Å². The Morgan fingerprint density at radius 2 is 1.86 bits per heavy atom. The van der Waals surface area contributed by atoms with E-state index in [0.29, 0.717) is 0 Å². The zero-order valence-electron chi connectivity index (χ0n) is 12.3. The fourth-order valence-corrected chi connectivity index (χ4v) is 2.94. The van der Waals surface area contributed by atoms with Crippen LogP contribution in [0.5, 0.6) is 0 Å². The molecule has 21 heavy (non-hydrogen) atoms. The molecule has 0 bridgehead atoms. The van der Waals surface area contributed by atoms with Gasteiger partial charge in [0.1, 0.15) is 11.3 Å². The molecule has 0 aliphatic rings. The van der Waals surface area contributed by atoms with Crippen molar-refractivity contribution in [2.24, 2.45) is 0 Å². The van der Waals surface area contributed by atoms with E-state index in [2.05, 4.69) is 54.9 Å². The summed E-state index contributed by atoms with van der Waals surface area (Å²) in [4.78, 5) is 1.28. The topological polar surface area (TPSA) is 25.2 Å². The number of hydrogen-bond acceptors (Lipinski definition) is 3. The molecule has 3 aromatic rings. The van der Waals surface area contributed by atoms with Crippen molar-refractivity contribution < 1.29 is 4.42 Å². The molecular weight excluding hydrogens is 278 g/mol. The van der Waals surface area contributed by atoms with Crippen molar-refractivity contribution in [1.82, 2.24) is 5.32 Å². The zero-order valence-corrected chi connectivity index (χ0v) is 13.1. The maximum absolute atomic E-state index is 6.03. The molecule has 0 fully saturated rings. The first kappa shape index (κ1) is 14.2. The molecule has 1 N–H and O–H groups in total. The Morgan fingerprint density at radius 3 is 2.52 bits per heavy atom. The van der Waals surface area contributed by atoms with Crippen LogP contribution in [-0.4, -0.2) is 12.8 Å². The number of thioether (sulfide) groups is 1. The molecule has 1 unspecified atom stereocenters. The lowest BCUT2D eigenvalue weighted by molar-refractivity contribution is 0.477. The third kappa shape index (κ3) is 2.99. The van der Waals surface area contributed by atoms with Crippen molar-refractivity contribution in [3.05, 3.63) is 65.9 Å². The highest BCUT2D eigenvalue weighted by Gasteiger charge is 2.17. The van der Waals surface area contributed by atoms with Gasteiger partial charge in [-0.2, -0.15) is 0 Å². The van der Waals surface area contributed by atoms with Crippen LogP contribution in [0, 0.1) is 0 Å². The second-order valence-corrected chi connectivity index (χ2v) is 5.83. The standard InChI is InChI=1S/C18H19NOS/c1-3-19-18(13-8-10-15(21-2)11-9-13)17-12-14-6-4-5-7-16(14)20-17/h4-12,18-19H,3H2,1-2H3. The predicted octanol–water partition coefficient (Wildman–Crippen LogP) is 4.85. The smallest absolute Gasteiger partial charge is 0.134 e. The Balaban J connectivity index is 1.99. The fraction of sp³-hybridized carbons (Fsp3) is 0.222. The Hall–Kier alpha value is -1.71. The number of rotatable bonds is 5. The Labute approximate surface area is 129 Å². The lowest BCUT2D eigenvalue weighted by Crippen LogP contribution is -2.21. The molecular formula is C18H19NOS. The lowest BCUT2D eigenvalue weighted by atomic mass is 10.0. The van der Waals surface area contributed by atoms with E-state index in [0.717, 1.165) is 23.3 Å². The molecule has 1 aromatic heterocycles. The molecule has 1 heterocycles. The van der Waals surface area contributed by atoms with Crippen LogP contribution in [-0.2, 0) is 0 Å². The van der Waals surface area contributed by atoms with E-state index >= 15 is 0 Å². The lowest BCUT2D eigenvalue weighted by Gasteiger charge is -2.16. The summed E-state index contributed by atoms with van der Waals surface area (Å²) in [5, 5.41) is 4.66. The highest BCUT2D eigenvalue weighted by atomic mass is 32.2. The minimum atomic E-state index is 0.0957. The van der Waals surface area contributed by atoms with Crippen LogP contribution in [0.1, 0.15) is 24.3 Å². The summed E-state index contributed by atoms with van der Waals surface area (Å²) in [6.07, 6.45) is 2.09. The van der Waals surface area contributed by atoms with Gasteiger partial charge in [0.25, 0.3) is 0 Å². The Kier molecular flexibility index (Phi) is 4.32. The third-order valence-electron chi connectivity index (χ3n) is 3.59. The molecule has 0 saturated carbocycles. The molecule has 0 aliphatic carbocycles. The molecule has 108 valence electrons. The van der Waals surface area contributed by atoms with Crippen LogP contribution in [0.3, 0.4) is 0 Å². The van der Waals surface area contributed by atoms with E-state index in [1.54, 1.807) is 11.8 Å². The van der Waals surface area contributed by atoms with Gasteiger partial charge < -0.3 is 9.73 Å². The number of benzene rings is 2. The van der Waals surface area contributed by atoms with Crippen LogP contribution < -0.4 is 5.32 Å². The minimum Gasteiger partial charge on any atom is -0.459 e. The van der Waals surface area contributed by atoms with Gasteiger partial charge >= 0.3 is 0 Å². The number of hydrogen-bond donors (Lipinski definition) is 1. The van der Waals surface area contributed by atoms with Crippen molar-refractivity contribution in [2.75, 3.05) is 12.8 Å². The highest BCUT2D eigenvalue weighted by molar-refractivity contribution is 7.98. The van der Waals surface area contributed by atoms with E-state index < -0.39 is 0 Å². The SMILES string of the molecule is CCNC(c1ccc(SC)cc1)c1cc2ccccc2o1. The summed E-state index contributed by atoms with van der Waals surface area (Å²) >= 11 is 1.76. The number of fused-ring (bicyclic) bond motifs is 1. The summed E-state index contributed by atoms with van der Waals surface area (Å²) < 4.78 is 6.03. The second kappa shape index (κ2) is 6.37. The number of furan rings is 1. The van der Waals surface area contributed by atoms with Crippen molar-refractivity contribution >= 4 is 22.7 Å². The van der Waals surface area contributed by atoms with Crippen molar-refractivity contribution in [2.45, 2.75) is 17.9 Å². The largest absolute Gasteiger partial charge is 0.459 e. The van der Waals surface area contributed by atoms with E-state index in [4.69, 9.17) is 4.42 Å².